The summed E-state index contributed by atoms with van der Waals surface area (Å²) in [6.07, 6.45) is 1.88. The first-order valence-electron chi connectivity index (χ1n) is 9.24. The highest BCUT2D eigenvalue weighted by molar-refractivity contribution is 6.00. The van der Waals surface area contributed by atoms with Crippen LogP contribution >= 0.6 is 0 Å². The molecule has 3 rings (SSSR count). The molecule has 1 saturated heterocycles. The molecule has 1 unspecified atom stereocenters. The first-order chi connectivity index (χ1) is 13.6. The molecule has 0 radical (unpaired) electrons. The maximum absolute atomic E-state index is 12.7. The van der Waals surface area contributed by atoms with Crippen LogP contribution in [0, 0.1) is 0 Å². The molecule has 2 N–H and O–H groups in total. The lowest BCUT2D eigenvalue weighted by molar-refractivity contribution is 0.0602. The summed E-state index contributed by atoms with van der Waals surface area (Å²) in [5.74, 6) is 0.327. The zero-order valence-electron chi connectivity index (χ0n) is 16.1. The number of hydrogen-bond acceptors (Lipinski definition) is 5. The molecule has 2 aromatic carbocycles. The van der Waals surface area contributed by atoms with Crippen molar-refractivity contribution in [2.75, 3.05) is 37.9 Å². The molecular weight excluding hydrogens is 358 g/mol. The molecule has 0 aliphatic carbocycles. The van der Waals surface area contributed by atoms with Crippen molar-refractivity contribution in [3.8, 4) is 5.75 Å². The Hall–Kier alpha value is -3.22. The molecule has 148 valence electrons. The van der Waals surface area contributed by atoms with Crippen molar-refractivity contribution in [1.29, 1.82) is 0 Å². The number of piperidine rings is 1. The lowest BCUT2D eigenvalue weighted by Gasteiger charge is -2.33. The predicted molar refractivity (Wildman–Crippen MR) is 108 cm³/mol. The lowest BCUT2D eigenvalue weighted by atomic mass is 10.1. The first-order valence-corrected chi connectivity index (χ1v) is 9.24. The van der Waals surface area contributed by atoms with Crippen molar-refractivity contribution in [3.05, 3.63) is 54.1 Å². The van der Waals surface area contributed by atoms with Crippen LogP contribution in [0.25, 0.3) is 0 Å². The van der Waals surface area contributed by atoms with E-state index in [-0.39, 0.29) is 12.1 Å². The fourth-order valence-electron chi connectivity index (χ4n) is 3.28. The number of para-hydroxylation sites is 1. The summed E-state index contributed by atoms with van der Waals surface area (Å²) < 4.78 is 9.96. The Morgan fingerprint density at radius 3 is 2.54 bits per heavy atom. The molecule has 2 aromatic rings. The van der Waals surface area contributed by atoms with Crippen LogP contribution in [0.5, 0.6) is 5.75 Å². The van der Waals surface area contributed by atoms with Gasteiger partial charge in [-0.2, -0.15) is 0 Å². The van der Waals surface area contributed by atoms with Crippen LogP contribution in [0.4, 0.5) is 16.2 Å². The van der Waals surface area contributed by atoms with Crippen LogP contribution in [0.2, 0.25) is 0 Å². The van der Waals surface area contributed by atoms with Gasteiger partial charge in [0.25, 0.3) is 0 Å². The van der Waals surface area contributed by atoms with Crippen LogP contribution in [0.15, 0.2) is 48.5 Å². The Morgan fingerprint density at radius 1 is 1.07 bits per heavy atom. The Labute approximate surface area is 164 Å². The third-order valence-electron chi connectivity index (χ3n) is 4.74. The molecule has 0 saturated carbocycles. The van der Waals surface area contributed by atoms with Crippen LogP contribution in [0.3, 0.4) is 0 Å². The summed E-state index contributed by atoms with van der Waals surface area (Å²) >= 11 is 0. The molecule has 0 spiro atoms. The molecule has 28 heavy (non-hydrogen) atoms. The summed E-state index contributed by atoms with van der Waals surface area (Å²) in [6.45, 7) is 1.26. The van der Waals surface area contributed by atoms with Gasteiger partial charge >= 0.3 is 12.0 Å². The monoisotopic (exact) mass is 383 g/mol. The van der Waals surface area contributed by atoms with E-state index in [1.807, 2.05) is 24.3 Å². The molecule has 7 heteroatoms. The van der Waals surface area contributed by atoms with Crippen molar-refractivity contribution < 1.29 is 19.1 Å². The topological polar surface area (TPSA) is 79.9 Å². The summed E-state index contributed by atoms with van der Waals surface area (Å²) in [5, 5.41) is 6.31. The first kappa shape index (κ1) is 19.5. The molecular formula is C21H25N3O4. The van der Waals surface area contributed by atoms with Crippen LogP contribution in [0.1, 0.15) is 23.2 Å². The average Bonchev–Trinajstić information content (AvgIpc) is 2.74. The molecule has 0 aromatic heterocycles. The van der Waals surface area contributed by atoms with Gasteiger partial charge in [0.1, 0.15) is 5.75 Å². The number of esters is 1. The fraction of sp³-hybridized carbons (Fsp3) is 0.333. The normalized spacial score (nSPS) is 16.2. The zero-order chi connectivity index (χ0) is 19.9. The van der Waals surface area contributed by atoms with Gasteiger partial charge in [0.05, 0.1) is 25.5 Å². The Kier molecular flexibility index (Phi) is 6.37. The number of hydrogen-bond donors (Lipinski definition) is 2. The molecule has 0 bridgehead atoms. The van der Waals surface area contributed by atoms with Gasteiger partial charge in [-0.3, -0.25) is 0 Å². The third-order valence-corrected chi connectivity index (χ3v) is 4.74. The number of anilines is 2. The van der Waals surface area contributed by atoms with Gasteiger partial charge in [-0.05, 0) is 49.2 Å². The average molecular weight is 383 g/mol. The molecule has 1 fully saturated rings. The van der Waals surface area contributed by atoms with Crippen molar-refractivity contribution in [3.63, 3.8) is 0 Å². The van der Waals surface area contributed by atoms with Crippen LogP contribution < -0.4 is 15.4 Å². The maximum atomic E-state index is 12.7. The van der Waals surface area contributed by atoms with E-state index >= 15 is 0 Å². The minimum atomic E-state index is -0.478. The SMILES string of the molecule is COC(=O)c1ccccc1NC(=O)N1CCCC(Nc2ccc(OC)cc2)C1. The summed E-state index contributed by atoms with van der Waals surface area (Å²) in [4.78, 5) is 26.4. The van der Waals surface area contributed by atoms with E-state index in [0.29, 0.717) is 24.3 Å². The van der Waals surface area contributed by atoms with Crippen molar-refractivity contribution in [2.24, 2.45) is 0 Å². The molecule has 2 amide bonds. The molecule has 1 atom stereocenters. The highest BCUT2D eigenvalue weighted by atomic mass is 16.5. The molecule has 1 aliphatic heterocycles. The van der Waals surface area contributed by atoms with E-state index in [2.05, 4.69) is 10.6 Å². The van der Waals surface area contributed by atoms with Gasteiger partial charge in [-0.15, -0.1) is 0 Å². The zero-order valence-corrected chi connectivity index (χ0v) is 16.1. The Balaban J connectivity index is 1.62. The van der Waals surface area contributed by atoms with Crippen LogP contribution in [-0.2, 0) is 4.74 Å². The summed E-state index contributed by atoms with van der Waals surface area (Å²) in [5.41, 5.74) is 1.77. The van der Waals surface area contributed by atoms with Gasteiger partial charge in [0.15, 0.2) is 0 Å². The second-order valence-corrected chi connectivity index (χ2v) is 6.63. The van der Waals surface area contributed by atoms with Gasteiger partial charge in [-0.25, -0.2) is 9.59 Å². The van der Waals surface area contributed by atoms with Crippen molar-refractivity contribution in [2.45, 2.75) is 18.9 Å². The minimum absolute atomic E-state index is 0.156. The number of ether oxygens (including phenoxy) is 2. The second kappa shape index (κ2) is 9.12. The largest absolute Gasteiger partial charge is 0.497 e. The highest BCUT2D eigenvalue weighted by Crippen LogP contribution is 2.21. The van der Waals surface area contributed by atoms with Gasteiger partial charge in [0, 0.05) is 24.8 Å². The summed E-state index contributed by atoms with van der Waals surface area (Å²) in [7, 11) is 2.96. The standard InChI is InChI=1S/C21H25N3O4/c1-27-17-11-9-15(10-12-17)22-16-6-5-13-24(14-16)21(26)23-19-8-4-3-7-18(19)20(25)28-2/h3-4,7-12,16,22H,5-6,13-14H2,1-2H3,(H,23,26). The number of benzene rings is 2. The molecule has 1 heterocycles. The number of carbonyl (C=O) groups is 2. The minimum Gasteiger partial charge on any atom is -0.497 e. The van der Waals surface area contributed by atoms with E-state index in [0.717, 1.165) is 24.3 Å². The molecule has 7 nitrogen and oxygen atoms in total. The number of rotatable bonds is 5. The predicted octanol–water partition coefficient (Wildman–Crippen LogP) is 3.59. The number of amides is 2. The number of likely N-dealkylation sites (tertiary alicyclic amines) is 1. The quantitative estimate of drug-likeness (QED) is 0.772. The van der Waals surface area contributed by atoms with Gasteiger partial charge in [-0.1, -0.05) is 12.1 Å². The highest BCUT2D eigenvalue weighted by Gasteiger charge is 2.24. The van der Waals surface area contributed by atoms with E-state index < -0.39 is 5.97 Å². The Morgan fingerprint density at radius 2 is 1.82 bits per heavy atom. The number of methoxy groups -OCH3 is 2. The van der Waals surface area contributed by atoms with Crippen molar-refractivity contribution >= 4 is 23.4 Å². The van der Waals surface area contributed by atoms with Gasteiger partial charge < -0.3 is 25.0 Å². The lowest BCUT2D eigenvalue weighted by Crippen LogP contribution is -2.46. The molecule has 1 aliphatic rings. The fourth-order valence-corrected chi connectivity index (χ4v) is 3.28. The van der Waals surface area contributed by atoms with E-state index in [1.165, 1.54) is 7.11 Å². The van der Waals surface area contributed by atoms with Crippen LogP contribution in [-0.4, -0.2) is 50.3 Å². The van der Waals surface area contributed by atoms with E-state index in [9.17, 15) is 9.59 Å². The van der Waals surface area contributed by atoms with Crippen molar-refractivity contribution in [1.82, 2.24) is 4.90 Å². The summed E-state index contributed by atoms with van der Waals surface area (Å²) in [6, 6.07) is 14.5. The smallest absolute Gasteiger partial charge is 0.339 e. The Bertz CT molecular complexity index is 823. The van der Waals surface area contributed by atoms with E-state index in [4.69, 9.17) is 9.47 Å². The number of nitrogens with zero attached hydrogens (tertiary/aromatic N) is 1. The van der Waals surface area contributed by atoms with Gasteiger partial charge in [0.2, 0.25) is 0 Å². The van der Waals surface area contributed by atoms with E-state index in [1.54, 1.807) is 36.3 Å². The maximum Gasteiger partial charge on any atom is 0.339 e. The second-order valence-electron chi connectivity index (χ2n) is 6.63. The third kappa shape index (κ3) is 4.73. The number of urea groups is 1. The number of nitrogens with one attached hydrogen (secondary N) is 2. The number of carbonyl (C=O) groups excluding carboxylic acids is 2.